The van der Waals surface area contributed by atoms with E-state index in [0.29, 0.717) is 6.54 Å². The van der Waals surface area contributed by atoms with E-state index in [4.69, 9.17) is 5.73 Å². The van der Waals surface area contributed by atoms with Crippen LogP contribution in [0.15, 0.2) is 35.5 Å². The van der Waals surface area contributed by atoms with Gasteiger partial charge in [-0.15, -0.1) is 10.2 Å². The van der Waals surface area contributed by atoms with Crippen molar-refractivity contribution >= 4 is 17.7 Å². The minimum atomic E-state index is -0.351. The summed E-state index contributed by atoms with van der Waals surface area (Å²) in [5.41, 5.74) is 6.57. The highest BCUT2D eigenvalue weighted by Gasteiger charge is 2.24. The number of amides is 1. The molecule has 0 aliphatic heterocycles. The van der Waals surface area contributed by atoms with Gasteiger partial charge in [0, 0.05) is 0 Å². The van der Waals surface area contributed by atoms with Crippen molar-refractivity contribution < 1.29 is 4.79 Å². The molecule has 6 nitrogen and oxygen atoms in total. The summed E-state index contributed by atoms with van der Waals surface area (Å²) in [7, 11) is 4.07. The summed E-state index contributed by atoms with van der Waals surface area (Å²) in [6.07, 6.45) is 0.927. The van der Waals surface area contributed by atoms with E-state index < -0.39 is 0 Å². The second kappa shape index (κ2) is 8.30. The zero-order chi connectivity index (χ0) is 17.7. The quantitative estimate of drug-likeness (QED) is 0.742. The summed E-state index contributed by atoms with van der Waals surface area (Å²) in [5.74, 6) is 0.556. The van der Waals surface area contributed by atoms with E-state index >= 15 is 0 Å². The summed E-state index contributed by atoms with van der Waals surface area (Å²) >= 11 is 1.35. The van der Waals surface area contributed by atoms with Crippen LogP contribution in [0.4, 0.5) is 0 Å². The smallest absolute Gasteiger partial charge is 0.230 e. The molecule has 0 bridgehead atoms. The number of rotatable bonds is 8. The van der Waals surface area contributed by atoms with Crippen LogP contribution in [0, 0.1) is 0 Å². The molecule has 2 N–H and O–H groups in total. The molecule has 0 saturated carbocycles. The van der Waals surface area contributed by atoms with Gasteiger partial charge in [-0.3, -0.25) is 9.69 Å². The second-order valence-corrected chi connectivity index (χ2v) is 7.27. The Morgan fingerprint density at radius 1 is 1.29 bits per heavy atom. The fourth-order valence-corrected chi connectivity index (χ4v) is 3.35. The van der Waals surface area contributed by atoms with Gasteiger partial charge in [0.15, 0.2) is 11.0 Å². The van der Waals surface area contributed by atoms with E-state index in [2.05, 4.69) is 38.7 Å². The van der Waals surface area contributed by atoms with Gasteiger partial charge in [-0.05, 0) is 33.0 Å². The van der Waals surface area contributed by atoms with Crippen LogP contribution < -0.4 is 5.73 Å². The number of thioether (sulfide) groups is 1. The molecular weight excluding hydrogens is 322 g/mol. The van der Waals surface area contributed by atoms with E-state index in [9.17, 15) is 4.79 Å². The van der Waals surface area contributed by atoms with Gasteiger partial charge in [-0.2, -0.15) is 0 Å². The first-order valence-corrected chi connectivity index (χ1v) is 8.91. The first kappa shape index (κ1) is 18.5. The molecule has 0 aliphatic carbocycles. The lowest BCUT2D eigenvalue weighted by molar-refractivity contribution is -0.117. The molecular formula is C17H25N5OS. The molecule has 0 aliphatic rings. The Morgan fingerprint density at radius 3 is 2.50 bits per heavy atom. The van der Waals surface area contributed by atoms with Gasteiger partial charge in [0.05, 0.1) is 17.8 Å². The normalized spacial score (nSPS) is 13.9. The van der Waals surface area contributed by atoms with Gasteiger partial charge in [0.1, 0.15) is 0 Å². The molecule has 130 valence electrons. The molecule has 2 atom stereocenters. The largest absolute Gasteiger partial charge is 0.369 e. The van der Waals surface area contributed by atoms with Crippen LogP contribution in [0.5, 0.6) is 0 Å². The van der Waals surface area contributed by atoms with Gasteiger partial charge >= 0.3 is 0 Å². The molecule has 1 amide bonds. The van der Waals surface area contributed by atoms with Crippen molar-refractivity contribution in [2.45, 2.75) is 43.3 Å². The lowest BCUT2D eigenvalue weighted by atomic mass is 10.2. The van der Waals surface area contributed by atoms with E-state index in [1.165, 1.54) is 17.3 Å². The molecule has 0 spiro atoms. The summed E-state index contributed by atoms with van der Waals surface area (Å²) in [4.78, 5) is 13.6. The van der Waals surface area contributed by atoms with Crippen molar-refractivity contribution in [2.75, 3.05) is 14.1 Å². The Hall–Kier alpha value is -1.86. The number of primary amides is 1. The second-order valence-electron chi connectivity index (χ2n) is 5.96. The minimum Gasteiger partial charge on any atom is -0.369 e. The number of nitrogens with two attached hydrogens (primary N) is 1. The fraction of sp³-hybridized carbons (Fsp3) is 0.471. The van der Waals surface area contributed by atoms with Crippen LogP contribution in [0.25, 0.3) is 0 Å². The Bertz CT molecular complexity index is 671. The third kappa shape index (κ3) is 4.36. The van der Waals surface area contributed by atoms with Crippen LogP contribution in [0.2, 0.25) is 0 Å². The van der Waals surface area contributed by atoms with Crippen molar-refractivity contribution in [3.63, 3.8) is 0 Å². The van der Waals surface area contributed by atoms with Crippen molar-refractivity contribution in [3.8, 4) is 0 Å². The lowest BCUT2D eigenvalue weighted by Crippen LogP contribution is -2.25. The Balaban J connectivity index is 2.40. The summed E-state index contributed by atoms with van der Waals surface area (Å²) in [6, 6.07) is 10.3. The Morgan fingerprint density at radius 2 is 1.96 bits per heavy atom. The summed E-state index contributed by atoms with van der Waals surface area (Å²) in [6.45, 7) is 4.59. The average molecular weight is 347 g/mol. The highest BCUT2D eigenvalue weighted by atomic mass is 32.2. The topological polar surface area (TPSA) is 77.0 Å². The maximum Gasteiger partial charge on any atom is 0.230 e. The number of benzene rings is 1. The number of nitrogens with zero attached hydrogens (tertiary/aromatic N) is 4. The average Bonchev–Trinajstić information content (AvgIpc) is 2.91. The van der Waals surface area contributed by atoms with Gasteiger partial charge < -0.3 is 10.3 Å². The summed E-state index contributed by atoms with van der Waals surface area (Å²) < 4.78 is 2.09. The predicted molar refractivity (Wildman–Crippen MR) is 96.8 cm³/mol. The van der Waals surface area contributed by atoms with Gasteiger partial charge in [0.2, 0.25) is 5.91 Å². The Kier molecular flexibility index (Phi) is 6.39. The first-order valence-electron chi connectivity index (χ1n) is 8.03. The first-order chi connectivity index (χ1) is 11.4. The molecule has 2 aromatic rings. The maximum atomic E-state index is 11.4. The highest BCUT2D eigenvalue weighted by molar-refractivity contribution is 8.00. The van der Waals surface area contributed by atoms with Crippen LogP contribution in [0.1, 0.15) is 37.7 Å². The highest BCUT2D eigenvalue weighted by Crippen LogP contribution is 2.28. The molecule has 1 aromatic carbocycles. The van der Waals surface area contributed by atoms with Crippen molar-refractivity contribution in [3.05, 3.63) is 41.7 Å². The Labute approximate surface area is 147 Å². The zero-order valence-corrected chi connectivity index (χ0v) is 15.5. The van der Waals surface area contributed by atoms with Crippen LogP contribution in [-0.4, -0.2) is 44.9 Å². The monoisotopic (exact) mass is 347 g/mol. The maximum absolute atomic E-state index is 11.4. The lowest BCUT2D eigenvalue weighted by Gasteiger charge is -2.23. The van der Waals surface area contributed by atoms with Crippen molar-refractivity contribution in [1.82, 2.24) is 19.7 Å². The molecule has 1 heterocycles. The van der Waals surface area contributed by atoms with Crippen LogP contribution in [0.3, 0.4) is 0 Å². The number of aromatic nitrogens is 3. The van der Waals surface area contributed by atoms with Gasteiger partial charge in [-0.25, -0.2) is 0 Å². The molecule has 0 saturated heterocycles. The third-order valence-electron chi connectivity index (χ3n) is 3.92. The number of carbonyl (C=O) groups excluding carboxylic acids is 1. The van der Waals surface area contributed by atoms with Crippen molar-refractivity contribution in [1.29, 1.82) is 0 Å². The fourth-order valence-electron chi connectivity index (χ4n) is 2.54. The van der Waals surface area contributed by atoms with E-state index in [1.54, 1.807) is 6.92 Å². The van der Waals surface area contributed by atoms with Gasteiger partial charge in [-0.1, -0.05) is 49.0 Å². The van der Waals surface area contributed by atoms with Crippen molar-refractivity contribution in [2.24, 2.45) is 5.73 Å². The van der Waals surface area contributed by atoms with E-state index in [0.717, 1.165) is 17.4 Å². The van der Waals surface area contributed by atoms with E-state index in [1.807, 2.05) is 32.3 Å². The molecule has 7 heteroatoms. The van der Waals surface area contributed by atoms with Crippen LogP contribution in [-0.2, 0) is 11.3 Å². The molecule has 0 unspecified atom stereocenters. The number of hydrogen-bond donors (Lipinski definition) is 1. The molecule has 24 heavy (non-hydrogen) atoms. The van der Waals surface area contributed by atoms with Gasteiger partial charge in [0.25, 0.3) is 0 Å². The zero-order valence-electron chi connectivity index (χ0n) is 14.6. The SMILES string of the molecule is CC[C@@H](c1nnc(S[C@@H](C)C(N)=O)n1Cc1ccccc1)N(C)C. The standard InChI is InChI=1S/C17H25N5OS/c1-5-14(21(3)4)16-19-20-17(24-12(2)15(18)23)22(16)11-13-9-7-6-8-10-13/h6-10,12,14H,5,11H2,1-4H3,(H2,18,23)/t12-,14-/m0/s1. The summed E-state index contributed by atoms with van der Waals surface area (Å²) in [5, 5.41) is 9.11. The van der Waals surface area contributed by atoms with E-state index in [-0.39, 0.29) is 17.2 Å². The number of carbonyl (C=O) groups is 1. The molecule has 0 radical (unpaired) electrons. The predicted octanol–water partition coefficient (Wildman–Crippen LogP) is 2.31. The van der Waals surface area contributed by atoms with Crippen LogP contribution >= 0.6 is 11.8 Å². The third-order valence-corrected chi connectivity index (χ3v) is 5.02. The molecule has 2 rings (SSSR count). The number of hydrogen-bond acceptors (Lipinski definition) is 5. The molecule has 0 fully saturated rings. The molecule has 1 aromatic heterocycles. The minimum absolute atomic E-state index is 0.166.